The van der Waals surface area contributed by atoms with Crippen LogP contribution in [0.15, 0.2) is 109 Å². The lowest BCUT2D eigenvalue weighted by Crippen LogP contribution is -2.48. The number of hydrogen-bond donors (Lipinski definition) is 1. The largest absolute Gasteiger partial charge is 0.497 e. The van der Waals surface area contributed by atoms with Gasteiger partial charge < -0.3 is 10.1 Å². The summed E-state index contributed by atoms with van der Waals surface area (Å²) in [6.45, 7) is 0.164. The Bertz CT molecular complexity index is 1660. The Labute approximate surface area is 251 Å². The third-order valence-electron chi connectivity index (χ3n) is 7.63. The van der Waals surface area contributed by atoms with E-state index in [1.807, 2.05) is 48.5 Å². The number of ether oxygens (including phenoxy) is 1. The van der Waals surface area contributed by atoms with Gasteiger partial charge in [0.25, 0.3) is 0 Å². The predicted octanol–water partition coefficient (Wildman–Crippen LogP) is 5.63. The van der Waals surface area contributed by atoms with E-state index in [0.29, 0.717) is 27.5 Å². The van der Waals surface area contributed by atoms with E-state index < -0.39 is 39.8 Å². The first-order chi connectivity index (χ1) is 20.2. The summed E-state index contributed by atoms with van der Waals surface area (Å²) in [4.78, 5) is 28.5. The zero-order valence-corrected chi connectivity index (χ0v) is 24.8. The molecule has 0 spiro atoms. The van der Waals surface area contributed by atoms with Gasteiger partial charge in [0.15, 0.2) is 5.78 Å². The van der Waals surface area contributed by atoms with E-state index in [0.717, 1.165) is 11.8 Å². The highest BCUT2D eigenvalue weighted by molar-refractivity contribution is 7.88. The van der Waals surface area contributed by atoms with Crippen molar-refractivity contribution in [3.8, 4) is 5.75 Å². The van der Waals surface area contributed by atoms with Gasteiger partial charge in [-0.05, 0) is 41.0 Å². The predicted molar refractivity (Wildman–Crippen MR) is 163 cm³/mol. The molecule has 5 rings (SSSR count). The molecule has 4 aromatic carbocycles. The van der Waals surface area contributed by atoms with Gasteiger partial charge in [-0.15, -0.1) is 0 Å². The van der Waals surface area contributed by atoms with Crippen molar-refractivity contribution in [2.75, 3.05) is 13.4 Å². The van der Waals surface area contributed by atoms with Crippen LogP contribution in [0.1, 0.15) is 39.0 Å². The number of amides is 1. The number of rotatable bonds is 9. The summed E-state index contributed by atoms with van der Waals surface area (Å²) in [5.74, 6) is -1.78. The standard InChI is InChI=1S/C33H31ClN2O5S/c1-41-27-18-16-22(17-19-27)21-35-33(38)31-28(23-10-5-3-6-11-23)29(32(37)24-12-7-4-8-13-24)30(36(31)42(2,39)40)25-14-9-15-26(34)20-25/h3-20,28-31H,21H2,1-2H3,(H,35,38). The van der Waals surface area contributed by atoms with Crippen LogP contribution in [0.4, 0.5) is 0 Å². The molecule has 0 bridgehead atoms. The molecule has 0 saturated carbocycles. The van der Waals surface area contributed by atoms with Crippen molar-refractivity contribution in [3.63, 3.8) is 0 Å². The molecule has 4 unspecified atom stereocenters. The van der Waals surface area contributed by atoms with Crippen LogP contribution in [0.3, 0.4) is 0 Å². The Morgan fingerprint density at radius 2 is 1.48 bits per heavy atom. The van der Waals surface area contributed by atoms with Gasteiger partial charge in [-0.3, -0.25) is 9.59 Å². The molecule has 1 N–H and O–H groups in total. The molecule has 0 radical (unpaired) electrons. The summed E-state index contributed by atoms with van der Waals surface area (Å²) >= 11 is 6.38. The van der Waals surface area contributed by atoms with E-state index >= 15 is 0 Å². The summed E-state index contributed by atoms with van der Waals surface area (Å²) in [5, 5.41) is 3.34. The van der Waals surface area contributed by atoms with Gasteiger partial charge in [-0.1, -0.05) is 96.5 Å². The van der Waals surface area contributed by atoms with Crippen LogP contribution in [0.25, 0.3) is 0 Å². The Hall–Kier alpha value is -3.98. The topological polar surface area (TPSA) is 92.8 Å². The molecular formula is C33H31ClN2O5S. The zero-order valence-electron chi connectivity index (χ0n) is 23.2. The van der Waals surface area contributed by atoms with Crippen molar-refractivity contribution in [3.05, 3.63) is 136 Å². The maximum Gasteiger partial charge on any atom is 0.239 e. The first kappa shape index (κ1) is 29.5. The molecule has 4 atom stereocenters. The molecule has 1 aliphatic rings. The number of sulfonamides is 1. The molecule has 216 valence electrons. The van der Waals surface area contributed by atoms with Crippen LogP contribution in [0.2, 0.25) is 5.02 Å². The molecule has 4 aromatic rings. The molecule has 9 heteroatoms. The number of carbonyl (C=O) groups excluding carboxylic acids is 2. The van der Waals surface area contributed by atoms with E-state index in [1.165, 1.54) is 4.31 Å². The van der Waals surface area contributed by atoms with Gasteiger partial charge in [0, 0.05) is 23.0 Å². The van der Waals surface area contributed by atoms with Gasteiger partial charge in [-0.2, -0.15) is 4.31 Å². The molecule has 1 heterocycles. The second-order valence-corrected chi connectivity index (χ2v) is 12.6. The average Bonchev–Trinajstić information content (AvgIpc) is 3.38. The number of carbonyl (C=O) groups is 2. The number of Topliss-reactive ketones (excluding diaryl/α,β-unsaturated/α-hetero) is 1. The van der Waals surface area contributed by atoms with E-state index in [9.17, 15) is 18.0 Å². The maximum atomic E-state index is 14.4. The summed E-state index contributed by atoms with van der Waals surface area (Å²) in [5.41, 5.74) is 2.47. The zero-order chi connectivity index (χ0) is 29.9. The number of halogens is 1. The van der Waals surface area contributed by atoms with Crippen molar-refractivity contribution < 1.29 is 22.7 Å². The van der Waals surface area contributed by atoms with Gasteiger partial charge in [0.05, 0.1) is 25.3 Å². The lowest BCUT2D eigenvalue weighted by molar-refractivity contribution is -0.125. The second kappa shape index (κ2) is 12.5. The van der Waals surface area contributed by atoms with E-state index in [2.05, 4.69) is 5.32 Å². The van der Waals surface area contributed by atoms with Crippen LogP contribution in [0.5, 0.6) is 5.75 Å². The number of ketones is 1. The Balaban J connectivity index is 1.66. The second-order valence-electron chi connectivity index (χ2n) is 10.3. The third-order valence-corrected chi connectivity index (χ3v) is 9.08. The molecule has 42 heavy (non-hydrogen) atoms. The number of nitrogens with zero attached hydrogens (tertiary/aromatic N) is 1. The maximum absolute atomic E-state index is 14.4. The van der Waals surface area contributed by atoms with E-state index in [1.54, 1.807) is 67.8 Å². The molecule has 0 aliphatic carbocycles. The van der Waals surface area contributed by atoms with Crippen molar-refractivity contribution in [1.82, 2.24) is 9.62 Å². The molecule has 1 fully saturated rings. The van der Waals surface area contributed by atoms with Gasteiger partial charge >= 0.3 is 0 Å². The van der Waals surface area contributed by atoms with Crippen LogP contribution in [-0.2, 0) is 21.4 Å². The summed E-state index contributed by atoms with van der Waals surface area (Å²) in [6.07, 6.45) is 1.08. The number of hydrogen-bond acceptors (Lipinski definition) is 5. The van der Waals surface area contributed by atoms with Gasteiger partial charge in [0.1, 0.15) is 11.8 Å². The number of nitrogens with one attached hydrogen (secondary N) is 1. The van der Waals surface area contributed by atoms with Gasteiger partial charge in [-0.25, -0.2) is 8.42 Å². The Morgan fingerprint density at radius 1 is 0.857 bits per heavy atom. The smallest absolute Gasteiger partial charge is 0.239 e. The highest BCUT2D eigenvalue weighted by Gasteiger charge is 2.58. The highest BCUT2D eigenvalue weighted by atomic mass is 35.5. The van der Waals surface area contributed by atoms with Crippen LogP contribution in [0, 0.1) is 5.92 Å². The minimum absolute atomic E-state index is 0.164. The minimum Gasteiger partial charge on any atom is -0.497 e. The number of benzene rings is 4. The van der Waals surface area contributed by atoms with Crippen LogP contribution in [-0.4, -0.2) is 43.8 Å². The molecule has 1 aliphatic heterocycles. The van der Waals surface area contributed by atoms with Crippen molar-refractivity contribution in [1.29, 1.82) is 0 Å². The van der Waals surface area contributed by atoms with E-state index in [-0.39, 0.29) is 12.3 Å². The number of methoxy groups -OCH3 is 1. The fourth-order valence-corrected chi connectivity index (χ4v) is 7.33. The van der Waals surface area contributed by atoms with Crippen molar-refractivity contribution in [2.45, 2.75) is 24.5 Å². The molecule has 1 saturated heterocycles. The van der Waals surface area contributed by atoms with Crippen LogP contribution < -0.4 is 10.1 Å². The molecule has 0 aromatic heterocycles. The normalized spacial score (nSPS) is 20.6. The fourth-order valence-electron chi connectivity index (χ4n) is 5.82. The Morgan fingerprint density at radius 3 is 2.07 bits per heavy atom. The summed E-state index contributed by atoms with van der Waals surface area (Å²) in [7, 11) is -2.45. The highest BCUT2D eigenvalue weighted by Crippen LogP contribution is 2.52. The lowest BCUT2D eigenvalue weighted by Gasteiger charge is -2.29. The summed E-state index contributed by atoms with van der Waals surface area (Å²) < 4.78 is 33.7. The lowest BCUT2D eigenvalue weighted by atomic mass is 9.76. The first-order valence-electron chi connectivity index (χ1n) is 13.5. The monoisotopic (exact) mass is 602 g/mol. The Kier molecular flexibility index (Phi) is 8.77. The molecular weight excluding hydrogens is 572 g/mol. The van der Waals surface area contributed by atoms with Crippen molar-refractivity contribution in [2.24, 2.45) is 5.92 Å². The quantitative estimate of drug-likeness (QED) is 0.251. The summed E-state index contributed by atoms with van der Waals surface area (Å²) in [6, 6.07) is 29.8. The third kappa shape index (κ3) is 6.11. The van der Waals surface area contributed by atoms with E-state index in [4.69, 9.17) is 16.3 Å². The average molecular weight is 603 g/mol. The van der Waals surface area contributed by atoms with Crippen molar-refractivity contribution >= 4 is 33.3 Å². The SMILES string of the molecule is COc1ccc(CNC(=O)C2C(c3ccccc3)C(C(=O)c3ccccc3)C(c3cccc(Cl)c3)N2S(C)(=O)=O)cc1. The van der Waals surface area contributed by atoms with Gasteiger partial charge in [0.2, 0.25) is 15.9 Å². The fraction of sp³-hybridized carbons (Fsp3) is 0.212. The molecule has 7 nitrogen and oxygen atoms in total. The van der Waals surface area contributed by atoms with Crippen LogP contribution >= 0.6 is 11.6 Å². The first-order valence-corrected chi connectivity index (χ1v) is 15.7. The molecule has 1 amide bonds. The minimum atomic E-state index is -4.03.